The smallest absolute Gasteiger partial charge is 0.304 e. The van der Waals surface area contributed by atoms with Crippen molar-refractivity contribution < 1.29 is 19.5 Å². The van der Waals surface area contributed by atoms with Crippen LogP contribution in [-0.4, -0.2) is 45.4 Å². The van der Waals surface area contributed by atoms with Crippen LogP contribution in [0.25, 0.3) is 22.4 Å². The van der Waals surface area contributed by atoms with Gasteiger partial charge in [0.15, 0.2) is 5.13 Å². The number of pyridine rings is 1. The first kappa shape index (κ1) is 28.8. The predicted molar refractivity (Wildman–Crippen MR) is 165 cm³/mol. The number of hydrogen-bond acceptors (Lipinski definition) is 6. The number of nitrogens with zero attached hydrogens (tertiary/aromatic N) is 4. The fraction of sp³-hybridized carbons (Fsp3) is 0.469. The van der Waals surface area contributed by atoms with E-state index >= 15 is 0 Å². The van der Waals surface area contributed by atoms with Crippen molar-refractivity contribution in [2.45, 2.75) is 76.7 Å². The molecule has 42 heavy (non-hydrogen) atoms. The van der Waals surface area contributed by atoms with Gasteiger partial charge in [-0.25, -0.2) is 9.97 Å². The van der Waals surface area contributed by atoms with Crippen molar-refractivity contribution in [2.24, 2.45) is 11.8 Å². The molecule has 10 heteroatoms. The molecular formula is C32H35ClN4O4S. The van der Waals surface area contributed by atoms with Gasteiger partial charge in [0.1, 0.15) is 5.82 Å². The van der Waals surface area contributed by atoms with Gasteiger partial charge < -0.3 is 5.11 Å². The van der Waals surface area contributed by atoms with Crippen LogP contribution in [-0.2, 0) is 14.4 Å². The Hall–Kier alpha value is -3.30. The van der Waals surface area contributed by atoms with Gasteiger partial charge in [-0.2, -0.15) is 0 Å². The van der Waals surface area contributed by atoms with E-state index in [9.17, 15) is 19.5 Å². The average molecular weight is 607 g/mol. The van der Waals surface area contributed by atoms with E-state index in [1.165, 1.54) is 11.3 Å². The lowest BCUT2D eigenvalue weighted by Gasteiger charge is -2.26. The summed E-state index contributed by atoms with van der Waals surface area (Å²) in [6.07, 6.45) is 10.9. The van der Waals surface area contributed by atoms with E-state index in [4.69, 9.17) is 16.6 Å². The summed E-state index contributed by atoms with van der Waals surface area (Å²) < 4.78 is 0. The molecule has 1 aliphatic heterocycles. The molecule has 3 aliphatic rings. The summed E-state index contributed by atoms with van der Waals surface area (Å²) in [5.74, 6) is -0.431. The van der Waals surface area contributed by atoms with E-state index in [2.05, 4.69) is 4.98 Å². The number of piperidine rings is 1. The van der Waals surface area contributed by atoms with E-state index in [1.54, 1.807) is 16.0 Å². The molecule has 3 aromatic rings. The van der Waals surface area contributed by atoms with Gasteiger partial charge in [-0.1, -0.05) is 43.4 Å². The molecule has 1 saturated heterocycles. The minimum absolute atomic E-state index is 0.0597. The summed E-state index contributed by atoms with van der Waals surface area (Å²) >= 11 is 7.85. The number of thiazole rings is 1. The second-order valence-corrected chi connectivity index (χ2v) is 13.0. The number of halogens is 1. The maximum atomic E-state index is 13.9. The maximum Gasteiger partial charge on any atom is 0.304 e. The number of anilines is 2. The summed E-state index contributed by atoms with van der Waals surface area (Å²) in [4.78, 5) is 51.1. The van der Waals surface area contributed by atoms with Crippen LogP contribution in [0.3, 0.4) is 0 Å². The Bertz CT molecular complexity index is 1470. The summed E-state index contributed by atoms with van der Waals surface area (Å²) in [6, 6.07) is 9.54. The van der Waals surface area contributed by atoms with Crippen molar-refractivity contribution in [1.82, 2.24) is 9.97 Å². The second-order valence-electron chi connectivity index (χ2n) is 11.7. The monoisotopic (exact) mass is 606 g/mol. The first-order chi connectivity index (χ1) is 20.4. The number of rotatable bonds is 10. The Morgan fingerprint density at radius 1 is 1.07 bits per heavy atom. The third-order valence-electron chi connectivity index (χ3n) is 8.63. The summed E-state index contributed by atoms with van der Waals surface area (Å²) in [5, 5.41) is 12.7. The summed E-state index contributed by atoms with van der Waals surface area (Å²) in [5.41, 5.74) is 3.30. The number of carboxylic acids is 1. The highest BCUT2D eigenvalue weighted by Gasteiger charge is 2.40. The number of aliphatic carboxylic acids is 1. The molecule has 3 fully saturated rings. The molecule has 3 heterocycles. The highest BCUT2D eigenvalue weighted by atomic mass is 35.5. The molecule has 2 aromatic heterocycles. The number of carbonyl (C=O) groups is 3. The van der Waals surface area contributed by atoms with Gasteiger partial charge in [0.2, 0.25) is 11.8 Å². The van der Waals surface area contributed by atoms with Crippen molar-refractivity contribution in [3.05, 3.63) is 46.9 Å². The Morgan fingerprint density at radius 2 is 1.88 bits per heavy atom. The SMILES string of the molecule is O=C(O)C[C@@H](CC1CCCC1)C(=O)N(c1nc(-c2cc(Cl)ccc2-c2ccc(N3CCCCC3=O)nc2)cs1)C1CC1. The van der Waals surface area contributed by atoms with Gasteiger partial charge in [-0.15, -0.1) is 11.3 Å². The molecule has 2 amide bonds. The van der Waals surface area contributed by atoms with Gasteiger partial charge in [-0.05, 0) is 67.9 Å². The zero-order valence-electron chi connectivity index (χ0n) is 23.5. The number of amides is 2. The van der Waals surface area contributed by atoms with Gasteiger partial charge in [-0.3, -0.25) is 24.2 Å². The number of benzene rings is 1. The zero-order chi connectivity index (χ0) is 29.2. The van der Waals surface area contributed by atoms with Crippen molar-refractivity contribution >= 4 is 51.7 Å². The largest absolute Gasteiger partial charge is 0.481 e. The number of carboxylic acid groups (broad SMARTS) is 1. The van der Waals surface area contributed by atoms with Crippen LogP contribution in [0.2, 0.25) is 5.02 Å². The van der Waals surface area contributed by atoms with Crippen molar-refractivity contribution in [2.75, 3.05) is 16.3 Å². The summed E-state index contributed by atoms with van der Waals surface area (Å²) in [7, 11) is 0. The Balaban J connectivity index is 1.28. The molecule has 0 radical (unpaired) electrons. The number of hydrogen-bond donors (Lipinski definition) is 1. The van der Waals surface area contributed by atoms with Crippen LogP contribution in [0.15, 0.2) is 41.9 Å². The van der Waals surface area contributed by atoms with Crippen LogP contribution in [0.1, 0.15) is 70.6 Å². The molecular weight excluding hydrogens is 572 g/mol. The predicted octanol–water partition coefficient (Wildman–Crippen LogP) is 7.21. The molecule has 0 unspecified atom stereocenters. The zero-order valence-corrected chi connectivity index (χ0v) is 25.1. The second kappa shape index (κ2) is 12.5. The van der Waals surface area contributed by atoms with Gasteiger partial charge in [0, 0.05) is 52.7 Å². The van der Waals surface area contributed by atoms with Gasteiger partial charge in [0.25, 0.3) is 0 Å². The van der Waals surface area contributed by atoms with E-state index in [0.29, 0.717) is 47.0 Å². The normalized spacial score (nSPS) is 18.3. The first-order valence-electron chi connectivity index (χ1n) is 14.9. The molecule has 0 spiro atoms. The van der Waals surface area contributed by atoms with Crippen molar-refractivity contribution in [3.63, 3.8) is 0 Å². The molecule has 6 rings (SSSR count). The number of carbonyl (C=O) groups excluding carboxylic acids is 2. The minimum Gasteiger partial charge on any atom is -0.481 e. The lowest BCUT2D eigenvalue weighted by Crippen LogP contribution is -2.39. The molecule has 2 saturated carbocycles. The Kier molecular flexibility index (Phi) is 8.58. The molecule has 1 N–H and O–H groups in total. The highest BCUT2D eigenvalue weighted by Crippen LogP contribution is 2.41. The summed E-state index contributed by atoms with van der Waals surface area (Å²) in [6.45, 7) is 0.684. The lowest BCUT2D eigenvalue weighted by atomic mass is 9.90. The Labute approximate surface area is 254 Å². The molecule has 0 bridgehead atoms. The third kappa shape index (κ3) is 6.37. The molecule has 8 nitrogen and oxygen atoms in total. The highest BCUT2D eigenvalue weighted by molar-refractivity contribution is 7.14. The van der Waals surface area contributed by atoms with Gasteiger partial charge in [0.05, 0.1) is 12.1 Å². The lowest BCUT2D eigenvalue weighted by molar-refractivity contribution is -0.141. The molecule has 2 aliphatic carbocycles. The average Bonchev–Trinajstić information content (AvgIpc) is 3.45. The van der Waals surface area contributed by atoms with Crippen LogP contribution in [0.4, 0.5) is 10.9 Å². The van der Waals surface area contributed by atoms with Crippen LogP contribution in [0, 0.1) is 11.8 Å². The minimum atomic E-state index is -0.935. The maximum absolute atomic E-state index is 13.9. The standard InChI is InChI=1S/C32H35ClN4O4S/c33-23-9-12-25(21-8-13-28(34-18-21)36-14-4-3-7-29(36)38)26(17-23)27-19-42-32(35-27)37(24-10-11-24)31(41)22(16-30(39)40)15-20-5-1-2-6-20/h8-9,12-13,17-20,22,24H,1-7,10-11,14-16H2,(H,39,40)/t22-/m1/s1. The molecule has 220 valence electrons. The fourth-order valence-corrected chi connectivity index (χ4v) is 7.39. The molecule has 1 atom stereocenters. The Morgan fingerprint density at radius 3 is 2.57 bits per heavy atom. The molecule has 1 aromatic carbocycles. The van der Waals surface area contributed by atoms with Crippen LogP contribution < -0.4 is 9.80 Å². The van der Waals surface area contributed by atoms with E-state index < -0.39 is 11.9 Å². The van der Waals surface area contributed by atoms with Crippen LogP contribution >= 0.6 is 22.9 Å². The third-order valence-corrected chi connectivity index (χ3v) is 9.70. The van der Waals surface area contributed by atoms with Crippen molar-refractivity contribution in [3.8, 4) is 22.4 Å². The topological polar surface area (TPSA) is 104 Å². The van der Waals surface area contributed by atoms with E-state index in [0.717, 1.165) is 68.1 Å². The van der Waals surface area contributed by atoms with Crippen LogP contribution in [0.5, 0.6) is 0 Å². The van der Waals surface area contributed by atoms with Crippen molar-refractivity contribution in [1.29, 1.82) is 0 Å². The quantitative estimate of drug-likeness (QED) is 0.261. The van der Waals surface area contributed by atoms with E-state index in [-0.39, 0.29) is 24.3 Å². The number of aromatic nitrogens is 2. The van der Waals surface area contributed by atoms with Gasteiger partial charge >= 0.3 is 5.97 Å². The van der Waals surface area contributed by atoms with E-state index in [1.807, 2.05) is 35.7 Å². The first-order valence-corrected chi connectivity index (χ1v) is 16.2. The fourth-order valence-electron chi connectivity index (χ4n) is 6.32.